The number of carbonyl (C=O) groups is 2. The standard InChI is InChI=1S/C31H46O4/c1-5-8-9-10-11-12-13-14-28(33)35-27-22-31(15-17-34-18-16-31)21-26(32)30(27)29-24(6-2)19-23(4)20-25(29)7-3/h19-20H,5-18,21-22H2,1-4H3. The highest BCUT2D eigenvalue weighted by Crippen LogP contribution is 2.48. The Kier molecular flexibility index (Phi) is 10.6. The number of allylic oxidation sites excluding steroid dienone is 2. The minimum absolute atomic E-state index is 0.130. The van der Waals surface area contributed by atoms with Crippen molar-refractivity contribution in [3.05, 3.63) is 40.1 Å². The van der Waals surface area contributed by atoms with Crippen LogP contribution in [0.3, 0.4) is 0 Å². The lowest BCUT2D eigenvalue weighted by Gasteiger charge is -2.41. The topological polar surface area (TPSA) is 52.6 Å². The monoisotopic (exact) mass is 482 g/mol. The Morgan fingerprint density at radius 1 is 0.914 bits per heavy atom. The van der Waals surface area contributed by atoms with Gasteiger partial charge in [0.15, 0.2) is 5.78 Å². The lowest BCUT2D eigenvalue weighted by Crippen LogP contribution is -2.37. The maximum Gasteiger partial charge on any atom is 0.310 e. The molecule has 1 spiro atoms. The maximum atomic E-state index is 13.8. The second-order valence-electron chi connectivity index (χ2n) is 10.7. The van der Waals surface area contributed by atoms with Crippen molar-refractivity contribution >= 4 is 17.3 Å². The molecule has 1 aromatic carbocycles. The van der Waals surface area contributed by atoms with Crippen LogP contribution in [0.1, 0.15) is 120 Å². The van der Waals surface area contributed by atoms with E-state index < -0.39 is 0 Å². The van der Waals surface area contributed by atoms with Gasteiger partial charge in [0, 0.05) is 32.5 Å². The first-order chi connectivity index (χ1) is 16.9. The molecular weight excluding hydrogens is 436 g/mol. The molecule has 35 heavy (non-hydrogen) atoms. The summed E-state index contributed by atoms with van der Waals surface area (Å²) in [4.78, 5) is 26.7. The average Bonchev–Trinajstić information content (AvgIpc) is 2.84. The van der Waals surface area contributed by atoms with Gasteiger partial charge in [-0.05, 0) is 61.1 Å². The first-order valence-corrected chi connectivity index (χ1v) is 14.1. The Bertz CT molecular complexity index is 880. The van der Waals surface area contributed by atoms with Gasteiger partial charge in [-0.3, -0.25) is 9.59 Å². The van der Waals surface area contributed by atoms with E-state index in [1.165, 1.54) is 48.8 Å². The molecule has 3 rings (SSSR count). The minimum Gasteiger partial charge on any atom is -0.430 e. The predicted octanol–water partition coefficient (Wildman–Crippen LogP) is 7.67. The fourth-order valence-corrected chi connectivity index (χ4v) is 5.84. The van der Waals surface area contributed by atoms with Crippen molar-refractivity contribution in [3.8, 4) is 0 Å². The molecule has 1 aliphatic heterocycles. The fourth-order valence-electron chi connectivity index (χ4n) is 5.84. The summed E-state index contributed by atoms with van der Waals surface area (Å²) in [6.07, 6.45) is 13.1. The first kappa shape index (κ1) is 27.6. The molecule has 194 valence electrons. The number of hydrogen-bond donors (Lipinski definition) is 0. The van der Waals surface area contributed by atoms with E-state index in [1.807, 2.05) is 0 Å². The van der Waals surface area contributed by atoms with Gasteiger partial charge in [0.1, 0.15) is 5.76 Å². The smallest absolute Gasteiger partial charge is 0.310 e. The van der Waals surface area contributed by atoms with Crippen molar-refractivity contribution in [2.75, 3.05) is 13.2 Å². The molecule has 2 aliphatic rings. The summed E-state index contributed by atoms with van der Waals surface area (Å²) in [6.45, 7) is 9.96. The van der Waals surface area contributed by atoms with Gasteiger partial charge in [0.2, 0.25) is 0 Å². The predicted molar refractivity (Wildman–Crippen MR) is 142 cm³/mol. The molecule has 1 aromatic rings. The molecule has 0 N–H and O–H groups in total. The van der Waals surface area contributed by atoms with Crippen LogP contribution in [0.4, 0.5) is 0 Å². The SMILES string of the molecule is CCCCCCCCCC(=O)OC1=C(c2c(CC)cc(C)cc2CC)C(=O)CC2(CCOCC2)C1. The summed E-state index contributed by atoms with van der Waals surface area (Å²) in [5.41, 5.74) is 5.11. The molecule has 1 fully saturated rings. The van der Waals surface area contributed by atoms with E-state index in [4.69, 9.17) is 9.47 Å². The van der Waals surface area contributed by atoms with Gasteiger partial charge >= 0.3 is 5.97 Å². The quantitative estimate of drug-likeness (QED) is 0.226. The highest BCUT2D eigenvalue weighted by molar-refractivity contribution is 6.23. The van der Waals surface area contributed by atoms with E-state index in [0.29, 0.717) is 43.8 Å². The zero-order chi connectivity index (χ0) is 25.3. The highest BCUT2D eigenvalue weighted by atomic mass is 16.5. The largest absolute Gasteiger partial charge is 0.430 e. The number of hydrogen-bond acceptors (Lipinski definition) is 4. The van der Waals surface area contributed by atoms with Crippen LogP contribution in [-0.4, -0.2) is 25.0 Å². The summed E-state index contributed by atoms with van der Waals surface area (Å²) in [5, 5.41) is 0. The van der Waals surface area contributed by atoms with Crippen LogP contribution in [-0.2, 0) is 31.9 Å². The Labute approximate surface area is 212 Å². The molecule has 4 nitrogen and oxygen atoms in total. The number of esters is 1. The van der Waals surface area contributed by atoms with E-state index in [1.54, 1.807) is 0 Å². The third-order valence-electron chi connectivity index (χ3n) is 7.86. The zero-order valence-corrected chi connectivity index (χ0v) is 22.6. The summed E-state index contributed by atoms with van der Waals surface area (Å²) >= 11 is 0. The molecule has 1 aliphatic carbocycles. The van der Waals surface area contributed by atoms with Crippen LogP contribution in [0.5, 0.6) is 0 Å². The second-order valence-corrected chi connectivity index (χ2v) is 10.7. The number of rotatable bonds is 12. The van der Waals surface area contributed by atoms with Crippen molar-refractivity contribution in [2.45, 2.75) is 118 Å². The van der Waals surface area contributed by atoms with Crippen molar-refractivity contribution in [2.24, 2.45) is 5.41 Å². The molecule has 1 heterocycles. The lowest BCUT2D eigenvalue weighted by molar-refractivity contribution is -0.140. The number of ketones is 1. The fraction of sp³-hybridized carbons (Fsp3) is 0.677. The molecule has 0 radical (unpaired) electrons. The molecule has 0 atom stereocenters. The number of unbranched alkanes of at least 4 members (excludes halogenated alkanes) is 6. The van der Waals surface area contributed by atoms with E-state index in [0.717, 1.165) is 44.1 Å². The Morgan fingerprint density at radius 2 is 1.51 bits per heavy atom. The van der Waals surface area contributed by atoms with Crippen LogP contribution in [0.2, 0.25) is 0 Å². The number of Topliss-reactive ketones (excluding diaryl/α,β-unsaturated/α-hetero) is 1. The maximum absolute atomic E-state index is 13.8. The van der Waals surface area contributed by atoms with Gasteiger partial charge in [-0.25, -0.2) is 0 Å². The molecular formula is C31H46O4. The minimum atomic E-state index is -0.189. The van der Waals surface area contributed by atoms with Crippen molar-refractivity contribution in [3.63, 3.8) is 0 Å². The molecule has 0 unspecified atom stereocenters. The van der Waals surface area contributed by atoms with Gasteiger partial charge in [0.25, 0.3) is 0 Å². The normalized spacial score (nSPS) is 17.8. The molecule has 0 amide bonds. The van der Waals surface area contributed by atoms with Crippen LogP contribution in [0.15, 0.2) is 17.9 Å². The van der Waals surface area contributed by atoms with Gasteiger partial charge < -0.3 is 9.47 Å². The molecule has 4 heteroatoms. The van der Waals surface area contributed by atoms with Gasteiger partial charge in [0.05, 0.1) is 5.57 Å². The van der Waals surface area contributed by atoms with E-state index in [2.05, 4.69) is 39.8 Å². The molecule has 0 aromatic heterocycles. The zero-order valence-electron chi connectivity index (χ0n) is 22.6. The van der Waals surface area contributed by atoms with E-state index in [9.17, 15) is 9.59 Å². The Hall–Kier alpha value is -1.94. The molecule has 0 bridgehead atoms. The van der Waals surface area contributed by atoms with Crippen LogP contribution in [0, 0.1) is 12.3 Å². The number of ether oxygens (including phenoxy) is 2. The van der Waals surface area contributed by atoms with Gasteiger partial charge in [-0.2, -0.15) is 0 Å². The first-order valence-electron chi connectivity index (χ1n) is 14.1. The second kappa shape index (κ2) is 13.4. The van der Waals surface area contributed by atoms with Gasteiger partial charge in [-0.15, -0.1) is 0 Å². The summed E-state index contributed by atoms with van der Waals surface area (Å²) < 4.78 is 11.7. The molecule has 0 saturated carbocycles. The summed E-state index contributed by atoms with van der Waals surface area (Å²) in [5.74, 6) is 0.556. The third kappa shape index (κ3) is 7.29. The Morgan fingerprint density at radius 3 is 2.11 bits per heavy atom. The van der Waals surface area contributed by atoms with Crippen molar-refractivity contribution in [1.29, 1.82) is 0 Å². The Balaban J connectivity index is 1.86. The van der Waals surface area contributed by atoms with Crippen LogP contribution in [0.25, 0.3) is 5.57 Å². The van der Waals surface area contributed by atoms with Crippen LogP contribution >= 0.6 is 0 Å². The van der Waals surface area contributed by atoms with Crippen molar-refractivity contribution in [1.82, 2.24) is 0 Å². The van der Waals surface area contributed by atoms with E-state index >= 15 is 0 Å². The van der Waals surface area contributed by atoms with Crippen LogP contribution < -0.4 is 0 Å². The lowest BCUT2D eigenvalue weighted by atomic mass is 9.67. The number of carbonyl (C=O) groups excluding carboxylic acids is 2. The highest BCUT2D eigenvalue weighted by Gasteiger charge is 2.43. The summed E-state index contributed by atoms with van der Waals surface area (Å²) in [7, 11) is 0. The third-order valence-corrected chi connectivity index (χ3v) is 7.86. The number of aryl methyl sites for hydroxylation is 3. The van der Waals surface area contributed by atoms with Gasteiger partial charge in [-0.1, -0.05) is 77.0 Å². The molecule has 1 saturated heterocycles. The van der Waals surface area contributed by atoms with Crippen molar-refractivity contribution < 1.29 is 19.1 Å². The number of benzene rings is 1. The summed E-state index contributed by atoms with van der Waals surface area (Å²) in [6, 6.07) is 4.37. The average molecular weight is 483 g/mol. The van der Waals surface area contributed by atoms with E-state index in [-0.39, 0.29) is 17.2 Å².